The van der Waals surface area contributed by atoms with Crippen molar-refractivity contribution in [1.29, 1.82) is 0 Å². The Morgan fingerprint density at radius 3 is 2.81 bits per heavy atom. The third-order valence-electron chi connectivity index (χ3n) is 4.67. The molecule has 0 N–H and O–H groups in total. The minimum absolute atomic E-state index is 0.182. The molecule has 11 heteroatoms. The van der Waals surface area contributed by atoms with Gasteiger partial charge in [0.2, 0.25) is 5.88 Å². The molecule has 0 unspecified atom stereocenters. The zero-order valence-corrected chi connectivity index (χ0v) is 17.7. The molecule has 31 heavy (non-hydrogen) atoms. The number of hydrogen-bond donors (Lipinski definition) is 0. The van der Waals surface area contributed by atoms with Crippen LogP contribution in [0.1, 0.15) is 35.8 Å². The number of esters is 1. The summed E-state index contributed by atoms with van der Waals surface area (Å²) >= 11 is 6.04. The molecule has 0 amide bonds. The SMILES string of the molecule is CCOC(=O)c1cnn(-c2nc(OC)c3c(cnn3[C@@H](C)c3cc(Cl)ccc3F)n2)c1. The van der Waals surface area contributed by atoms with Crippen molar-refractivity contribution in [1.82, 2.24) is 29.5 Å². The molecule has 4 aromatic rings. The molecule has 3 heterocycles. The maximum Gasteiger partial charge on any atom is 0.341 e. The smallest absolute Gasteiger partial charge is 0.341 e. The summed E-state index contributed by atoms with van der Waals surface area (Å²) < 4.78 is 27.7. The summed E-state index contributed by atoms with van der Waals surface area (Å²) in [6, 6.07) is 3.85. The number of rotatable bonds is 6. The molecule has 0 aliphatic rings. The highest BCUT2D eigenvalue weighted by molar-refractivity contribution is 6.30. The first-order valence-corrected chi connectivity index (χ1v) is 9.77. The Morgan fingerprint density at radius 2 is 2.06 bits per heavy atom. The van der Waals surface area contributed by atoms with Crippen LogP contribution in [0.3, 0.4) is 0 Å². The van der Waals surface area contributed by atoms with Gasteiger partial charge in [-0.1, -0.05) is 11.6 Å². The molecule has 0 aliphatic carbocycles. The van der Waals surface area contributed by atoms with Gasteiger partial charge in [0.1, 0.15) is 16.9 Å². The van der Waals surface area contributed by atoms with Crippen molar-refractivity contribution in [2.24, 2.45) is 0 Å². The van der Waals surface area contributed by atoms with E-state index in [0.717, 1.165) is 0 Å². The van der Waals surface area contributed by atoms with Gasteiger partial charge in [0, 0.05) is 16.8 Å². The number of benzene rings is 1. The van der Waals surface area contributed by atoms with Crippen LogP contribution in [0.4, 0.5) is 4.39 Å². The highest BCUT2D eigenvalue weighted by atomic mass is 35.5. The van der Waals surface area contributed by atoms with Gasteiger partial charge in [-0.2, -0.15) is 15.2 Å². The molecular weight excluding hydrogens is 427 g/mol. The van der Waals surface area contributed by atoms with Crippen molar-refractivity contribution in [2.75, 3.05) is 13.7 Å². The normalized spacial score (nSPS) is 12.2. The summed E-state index contributed by atoms with van der Waals surface area (Å²) in [7, 11) is 1.46. The van der Waals surface area contributed by atoms with E-state index >= 15 is 0 Å². The van der Waals surface area contributed by atoms with E-state index in [2.05, 4.69) is 20.2 Å². The number of fused-ring (bicyclic) bond motifs is 1. The average Bonchev–Trinajstić information content (AvgIpc) is 3.42. The lowest BCUT2D eigenvalue weighted by Gasteiger charge is -2.16. The van der Waals surface area contributed by atoms with Crippen molar-refractivity contribution in [2.45, 2.75) is 19.9 Å². The molecule has 1 atom stereocenters. The van der Waals surface area contributed by atoms with Crippen LogP contribution in [0.25, 0.3) is 17.0 Å². The van der Waals surface area contributed by atoms with E-state index < -0.39 is 17.8 Å². The molecule has 0 fully saturated rings. The number of methoxy groups -OCH3 is 1. The van der Waals surface area contributed by atoms with Gasteiger partial charge in [-0.15, -0.1) is 0 Å². The van der Waals surface area contributed by atoms with Crippen LogP contribution in [0.15, 0.2) is 36.8 Å². The fraction of sp³-hybridized carbons (Fsp3) is 0.250. The van der Waals surface area contributed by atoms with Crippen molar-refractivity contribution < 1.29 is 18.7 Å². The Hall–Kier alpha value is -3.53. The van der Waals surface area contributed by atoms with Crippen LogP contribution in [0.2, 0.25) is 5.02 Å². The molecule has 160 valence electrons. The average molecular weight is 445 g/mol. The van der Waals surface area contributed by atoms with Gasteiger partial charge in [-0.05, 0) is 32.0 Å². The predicted octanol–water partition coefficient (Wildman–Crippen LogP) is 3.60. The molecule has 0 radical (unpaired) electrons. The van der Waals surface area contributed by atoms with E-state index in [1.807, 2.05) is 0 Å². The largest absolute Gasteiger partial charge is 0.479 e. The number of carbonyl (C=O) groups is 1. The Bertz CT molecular complexity index is 1270. The summed E-state index contributed by atoms with van der Waals surface area (Å²) in [4.78, 5) is 20.7. The monoisotopic (exact) mass is 444 g/mol. The molecule has 1 aromatic carbocycles. The molecular formula is C20H18ClFN6O3. The number of hydrogen-bond acceptors (Lipinski definition) is 7. The predicted molar refractivity (Wildman–Crippen MR) is 110 cm³/mol. The number of halogens is 2. The summed E-state index contributed by atoms with van der Waals surface area (Å²) in [5, 5.41) is 8.91. The summed E-state index contributed by atoms with van der Waals surface area (Å²) in [6.45, 7) is 3.76. The van der Waals surface area contributed by atoms with E-state index in [-0.39, 0.29) is 24.0 Å². The second-order valence-corrected chi connectivity index (χ2v) is 7.03. The fourth-order valence-electron chi connectivity index (χ4n) is 3.18. The van der Waals surface area contributed by atoms with Crippen LogP contribution >= 0.6 is 11.6 Å². The lowest BCUT2D eigenvalue weighted by Crippen LogP contribution is -2.12. The van der Waals surface area contributed by atoms with Gasteiger partial charge >= 0.3 is 5.97 Å². The minimum Gasteiger partial charge on any atom is -0.479 e. The minimum atomic E-state index is -0.500. The second-order valence-electron chi connectivity index (χ2n) is 6.59. The number of carbonyl (C=O) groups excluding carboxylic acids is 1. The van der Waals surface area contributed by atoms with E-state index in [4.69, 9.17) is 21.1 Å². The molecule has 0 saturated carbocycles. The van der Waals surface area contributed by atoms with Crippen molar-refractivity contribution in [3.05, 3.63) is 58.8 Å². The zero-order valence-electron chi connectivity index (χ0n) is 16.9. The maximum absolute atomic E-state index is 14.4. The molecule has 0 bridgehead atoms. The van der Waals surface area contributed by atoms with Crippen molar-refractivity contribution in [3.8, 4) is 11.8 Å². The first kappa shape index (κ1) is 20.7. The van der Waals surface area contributed by atoms with Crippen LogP contribution in [-0.2, 0) is 4.74 Å². The van der Waals surface area contributed by atoms with Gasteiger partial charge in [0.25, 0.3) is 5.95 Å². The summed E-state index contributed by atoms with van der Waals surface area (Å²) in [5.41, 5.74) is 1.58. The molecule has 9 nitrogen and oxygen atoms in total. The topological polar surface area (TPSA) is 97.0 Å². The lowest BCUT2D eigenvalue weighted by atomic mass is 10.1. The van der Waals surface area contributed by atoms with E-state index in [1.54, 1.807) is 24.6 Å². The molecule has 4 rings (SSSR count). The molecule has 3 aromatic heterocycles. The fourth-order valence-corrected chi connectivity index (χ4v) is 3.36. The summed E-state index contributed by atoms with van der Waals surface area (Å²) in [6.07, 6.45) is 4.36. The Kier molecular flexibility index (Phi) is 5.55. The summed E-state index contributed by atoms with van der Waals surface area (Å²) in [5.74, 6) is -0.493. The third kappa shape index (κ3) is 3.81. The molecule has 0 saturated heterocycles. The van der Waals surface area contributed by atoms with Gasteiger partial charge < -0.3 is 9.47 Å². The van der Waals surface area contributed by atoms with E-state index in [9.17, 15) is 9.18 Å². The van der Waals surface area contributed by atoms with E-state index in [1.165, 1.54) is 42.5 Å². The van der Waals surface area contributed by atoms with Gasteiger partial charge in [0.05, 0.1) is 37.7 Å². The highest BCUT2D eigenvalue weighted by Crippen LogP contribution is 2.30. The lowest BCUT2D eigenvalue weighted by molar-refractivity contribution is 0.0526. The zero-order chi connectivity index (χ0) is 22.1. The third-order valence-corrected chi connectivity index (χ3v) is 4.90. The Balaban J connectivity index is 1.77. The Morgan fingerprint density at radius 1 is 1.26 bits per heavy atom. The van der Waals surface area contributed by atoms with Gasteiger partial charge in [-0.3, -0.25) is 4.68 Å². The first-order chi connectivity index (χ1) is 14.9. The highest BCUT2D eigenvalue weighted by Gasteiger charge is 2.22. The van der Waals surface area contributed by atoms with Crippen LogP contribution in [0, 0.1) is 5.82 Å². The van der Waals surface area contributed by atoms with Crippen LogP contribution in [0.5, 0.6) is 5.88 Å². The number of ether oxygens (including phenoxy) is 2. The van der Waals surface area contributed by atoms with Crippen LogP contribution < -0.4 is 4.74 Å². The van der Waals surface area contributed by atoms with Crippen molar-refractivity contribution in [3.63, 3.8) is 0 Å². The maximum atomic E-state index is 14.4. The van der Waals surface area contributed by atoms with Gasteiger partial charge in [-0.25, -0.2) is 18.9 Å². The van der Waals surface area contributed by atoms with Crippen molar-refractivity contribution >= 4 is 28.6 Å². The van der Waals surface area contributed by atoms with E-state index in [0.29, 0.717) is 21.6 Å². The number of nitrogens with zero attached hydrogens (tertiary/aromatic N) is 6. The number of aromatic nitrogens is 6. The van der Waals surface area contributed by atoms with Gasteiger partial charge in [0.15, 0.2) is 0 Å². The van der Waals surface area contributed by atoms with Crippen LogP contribution in [-0.4, -0.2) is 49.2 Å². The second kappa shape index (κ2) is 8.31. The molecule has 0 spiro atoms. The standard InChI is InChI=1S/C20H18ClFN6O3/c1-4-31-19(29)12-8-23-27(10-12)20-25-16-9-24-28(17(16)18(26-20)30-3)11(2)14-7-13(21)5-6-15(14)22/h5-11H,4H2,1-3H3/t11-/m0/s1. The quantitative estimate of drug-likeness (QED) is 0.419. The Labute approximate surface area is 181 Å². The molecule has 0 aliphatic heterocycles. The first-order valence-electron chi connectivity index (χ1n) is 9.39.